The summed E-state index contributed by atoms with van der Waals surface area (Å²) in [5.74, 6) is -0.0648. The van der Waals surface area contributed by atoms with Crippen molar-refractivity contribution in [1.82, 2.24) is 10.2 Å². The minimum absolute atomic E-state index is 0.110. The zero-order valence-electron chi connectivity index (χ0n) is 21.6. The lowest BCUT2D eigenvalue weighted by Crippen LogP contribution is -2.52. The van der Waals surface area contributed by atoms with Crippen molar-refractivity contribution < 1.29 is 22.7 Å². The van der Waals surface area contributed by atoms with E-state index < -0.39 is 28.5 Å². The van der Waals surface area contributed by atoms with Crippen LogP contribution in [0.4, 0.5) is 5.69 Å². The topological polar surface area (TPSA) is 96.0 Å². The first kappa shape index (κ1) is 27.5. The minimum Gasteiger partial charge on any atom is -0.497 e. The highest BCUT2D eigenvalue weighted by Gasteiger charge is 2.31. The summed E-state index contributed by atoms with van der Waals surface area (Å²) in [6.07, 6.45) is 5.91. The fourth-order valence-corrected chi connectivity index (χ4v) is 5.30. The monoisotopic (exact) mass is 515 g/mol. The Kier molecular flexibility index (Phi) is 9.37. The van der Waals surface area contributed by atoms with Crippen LogP contribution in [-0.4, -0.2) is 57.1 Å². The summed E-state index contributed by atoms with van der Waals surface area (Å²) in [5, 5.41) is 3.06. The number of benzene rings is 2. The van der Waals surface area contributed by atoms with Crippen LogP contribution in [0.25, 0.3) is 0 Å². The first-order chi connectivity index (χ1) is 17.1. The maximum Gasteiger partial charge on any atom is 0.244 e. The average molecular weight is 516 g/mol. The molecule has 8 nitrogen and oxygen atoms in total. The Hall–Kier alpha value is -3.07. The third kappa shape index (κ3) is 7.22. The molecule has 3 rings (SSSR count). The van der Waals surface area contributed by atoms with Gasteiger partial charge < -0.3 is 15.0 Å². The van der Waals surface area contributed by atoms with E-state index in [-0.39, 0.29) is 18.5 Å². The Bertz CT molecular complexity index is 1140. The molecule has 0 aromatic heterocycles. The Morgan fingerprint density at radius 3 is 2.33 bits per heavy atom. The summed E-state index contributed by atoms with van der Waals surface area (Å²) in [5.41, 5.74) is 2.25. The molecule has 1 atom stereocenters. The summed E-state index contributed by atoms with van der Waals surface area (Å²) < 4.78 is 31.8. The highest BCUT2D eigenvalue weighted by Crippen LogP contribution is 2.22. The number of methoxy groups -OCH3 is 1. The van der Waals surface area contributed by atoms with E-state index in [2.05, 4.69) is 5.32 Å². The number of carbonyl (C=O) groups excluding carboxylic acids is 2. The lowest BCUT2D eigenvalue weighted by Gasteiger charge is -2.32. The fraction of sp³-hybridized carbons (Fsp3) is 0.481. The number of rotatable bonds is 11. The Morgan fingerprint density at radius 2 is 1.75 bits per heavy atom. The van der Waals surface area contributed by atoms with Crippen molar-refractivity contribution in [3.05, 3.63) is 59.7 Å². The fourth-order valence-electron chi connectivity index (χ4n) is 4.45. The molecule has 0 radical (unpaired) electrons. The molecule has 2 aromatic rings. The summed E-state index contributed by atoms with van der Waals surface area (Å²) in [7, 11) is -2.19. The van der Waals surface area contributed by atoms with Crippen LogP contribution in [0.2, 0.25) is 0 Å². The molecule has 1 aliphatic carbocycles. The van der Waals surface area contributed by atoms with Gasteiger partial charge in [-0.25, -0.2) is 8.42 Å². The molecule has 2 amide bonds. The summed E-state index contributed by atoms with van der Waals surface area (Å²) in [6, 6.07) is 13.7. The Balaban J connectivity index is 1.88. The van der Waals surface area contributed by atoms with Crippen LogP contribution in [0, 0.1) is 0 Å². The standard InChI is InChI=1S/C27H37N3O5S/c1-5-21-13-15-24(16-14-21)30(36(4,33)34)19-26(31)29(18-22-9-8-12-25(17-22)35-3)20(2)27(32)28-23-10-6-7-11-23/h8-9,12-17,20,23H,5-7,10-11,18-19H2,1-4H3,(H,28,32)/t20-/m1/s1. The first-order valence-corrected chi connectivity index (χ1v) is 14.3. The van der Waals surface area contributed by atoms with Crippen LogP contribution in [0.15, 0.2) is 48.5 Å². The van der Waals surface area contributed by atoms with Gasteiger partial charge in [0.25, 0.3) is 0 Å². The lowest BCUT2D eigenvalue weighted by molar-refractivity contribution is -0.139. The predicted molar refractivity (Wildman–Crippen MR) is 141 cm³/mol. The predicted octanol–water partition coefficient (Wildman–Crippen LogP) is 3.50. The van der Waals surface area contributed by atoms with E-state index in [9.17, 15) is 18.0 Å². The number of ether oxygens (including phenoxy) is 1. The van der Waals surface area contributed by atoms with Crippen molar-refractivity contribution in [3.63, 3.8) is 0 Å². The molecule has 0 heterocycles. The van der Waals surface area contributed by atoms with Crippen LogP contribution in [0.1, 0.15) is 50.7 Å². The summed E-state index contributed by atoms with van der Waals surface area (Å²) in [4.78, 5) is 28.2. The number of carbonyl (C=O) groups is 2. The molecule has 0 aliphatic heterocycles. The first-order valence-electron chi connectivity index (χ1n) is 12.4. The number of amides is 2. The maximum atomic E-state index is 13.6. The zero-order valence-corrected chi connectivity index (χ0v) is 22.4. The molecule has 1 aliphatic rings. The number of nitrogens with one attached hydrogen (secondary N) is 1. The molecule has 1 N–H and O–H groups in total. The van der Waals surface area contributed by atoms with Crippen LogP contribution in [-0.2, 0) is 32.6 Å². The van der Waals surface area contributed by atoms with Crippen molar-refractivity contribution in [2.45, 2.75) is 64.6 Å². The van der Waals surface area contributed by atoms with E-state index in [0.717, 1.165) is 53.8 Å². The minimum atomic E-state index is -3.75. The van der Waals surface area contributed by atoms with Gasteiger partial charge in [0.15, 0.2) is 0 Å². The second-order valence-corrected chi connectivity index (χ2v) is 11.2. The largest absolute Gasteiger partial charge is 0.497 e. The molecule has 0 unspecified atom stereocenters. The van der Waals surface area contributed by atoms with E-state index in [1.54, 1.807) is 38.3 Å². The van der Waals surface area contributed by atoms with Gasteiger partial charge in [-0.1, -0.05) is 44.0 Å². The number of nitrogens with zero attached hydrogens (tertiary/aromatic N) is 2. The molecular formula is C27H37N3O5S. The van der Waals surface area contributed by atoms with Crippen LogP contribution in [0.3, 0.4) is 0 Å². The smallest absolute Gasteiger partial charge is 0.244 e. The maximum absolute atomic E-state index is 13.6. The van der Waals surface area contributed by atoms with Crippen molar-refractivity contribution in [2.24, 2.45) is 0 Å². The second kappa shape index (κ2) is 12.3. The SMILES string of the molecule is CCc1ccc(N(CC(=O)N(Cc2cccc(OC)c2)[C@H](C)C(=O)NC2CCCC2)S(C)(=O)=O)cc1. The van der Waals surface area contributed by atoms with Gasteiger partial charge in [-0.2, -0.15) is 0 Å². The van der Waals surface area contributed by atoms with Gasteiger partial charge in [0.2, 0.25) is 21.8 Å². The molecule has 36 heavy (non-hydrogen) atoms. The van der Waals surface area contributed by atoms with Gasteiger partial charge >= 0.3 is 0 Å². The molecule has 0 bridgehead atoms. The number of aryl methyl sites for hydroxylation is 1. The normalized spacial score (nSPS) is 14.8. The molecular weight excluding hydrogens is 478 g/mol. The highest BCUT2D eigenvalue weighted by molar-refractivity contribution is 7.92. The van der Waals surface area contributed by atoms with Gasteiger partial charge in [-0.3, -0.25) is 13.9 Å². The molecule has 196 valence electrons. The van der Waals surface area contributed by atoms with E-state index >= 15 is 0 Å². The third-order valence-electron chi connectivity index (χ3n) is 6.67. The van der Waals surface area contributed by atoms with E-state index in [4.69, 9.17) is 4.74 Å². The quantitative estimate of drug-likeness (QED) is 0.494. The average Bonchev–Trinajstić information content (AvgIpc) is 3.37. The molecule has 0 spiro atoms. The number of sulfonamides is 1. The van der Waals surface area contributed by atoms with Crippen molar-refractivity contribution in [2.75, 3.05) is 24.2 Å². The van der Waals surface area contributed by atoms with Crippen LogP contribution in [0.5, 0.6) is 5.75 Å². The summed E-state index contributed by atoms with van der Waals surface area (Å²) in [6.45, 7) is 3.43. The zero-order chi connectivity index (χ0) is 26.3. The van der Waals surface area contributed by atoms with Gasteiger partial charge in [0.1, 0.15) is 18.3 Å². The molecule has 1 fully saturated rings. The van der Waals surface area contributed by atoms with Crippen molar-refractivity contribution in [3.8, 4) is 5.75 Å². The third-order valence-corrected chi connectivity index (χ3v) is 7.81. The highest BCUT2D eigenvalue weighted by atomic mass is 32.2. The molecule has 9 heteroatoms. The molecule has 0 saturated heterocycles. The number of hydrogen-bond donors (Lipinski definition) is 1. The Labute approximate surface area is 214 Å². The lowest BCUT2D eigenvalue weighted by atomic mass is 10.1. The number of hydrogen-bond acceptors (Lipinski definition) is 5. The van der Waals surface area contributed by atoms with Gasteiger partial charge in [-0.05, 0) is 61.6 Å². The van der Waals surface area contributed by atoms with Crippen molar-refractivity contribution >= 4 is 27.5 Å². The van der Waals surface area contributed by atoms with E-state index in [0.29, 0.717) is 11.4 Å². The molecule has 2 aromatic carbocycles. The van der Waals surface area contributed by atoms with Crippen LogP contribution >= 0.6 is 0 Å². The number of anilines is 1. The van der Waals surface area contributed by atoms with E-state index in [1.807, 2.05) is 31.2 Å². The second-order valence-electron chi connectivity index (χ2n) is 9.33. The van der Waals surface area contributed by atoms with E-state index in [1.165, 1.54) is 4.90 Å². The van der Waals surface area contributed by atoms with Gasteiger partial charge in [0.05, 0.1) is 19.1 Å². The summed E-state index contributed by atoms with van der Waals surface area (Å²) >= 11 is 0. The van der Waals surface area contributed by atoms with Crippen LogP contribution < -0.4 is 14.4 Å². The Morgan fingerprint density at radius 1 is 1.08 bits per heavy atom. The van der Waals surface area contributed by atoms with Crippen molar-refractivity contribution in [1.29, 1.82) is 0 Å². The van der Waals surface area contributed by atoms with Gasteiger partial charge in [-0.15, -0.1) is 0 Å². The van der Waals surface area contributed by atoms with Gasteiger partial charge in [0, 0.05) is 12.6 Å². The molecule has 1 saturated carbocycles.